The molecule has 0 unspecified atom stereocenters. The van der Waals surface area contributed by atoms with Crippen molar-refractivity contribution in [3.05, 3.63) is 70.7 Å². The van der Waals surface area contributed by atoms with Crippen molar-refractivity contribution in [2.45, 2.75) is 13.1 Å². The van der Waals surface area contributed by atoms with E-state index >= 15 is 0 Å². The van der Waals surface area contributed by atoms with Gasteiger partial charge in [0.1, 0.15) is 13.1 Å². The van der Waals surface area contributed by atoms with E-state index in [1.54, 1.807) is 0 Å². The van der Waals surface area contributed by atoms with Crippen LogP contribution >= 0.6 is 11.6 Å². The average molecular weight is 344 g/mol. The third kappa shape index (κ3) is 2.63. The summed E-state index contributed by atoms with van der Waals surface area (Å²) in [5.74, 6) is 0. The minimum atomic E-state index is 0. The van der Waals surface area contributed by atoms with Gasteiger partial charge in [-0.1, -0.05) is 66.2 Å². The number of hydrogen-bond donors (Lipinski definition) is 0. The molecular weight excluding hydrogens is 325 g/mol. The smallest absolute Gasteiger partial charge is 0.106 e. The minimum absolute atomic E-state index is 0. The average Bonchev–Trinajstić information content (AvgIpc) is 2.84. The predicted molar refractivity (Wildman–Crippen MR) is 93.9 cm³/mol. The molecule has 0 fully saturated rings. The normalized spacial score (nSPS) is 15.3. The van der Waals surface area contributed by atoms with Crippen molar-refractivity contribution in [2.24, 2.45) is 0 Å². The summed E-state index contributed by atoms with van der Waals surface area (Å²) in [5.41, 5.74) is 5.39. The van der Waals surface area contributed by atoms with Crippen LogP contribution in [0.15, 0.2) is 54.6 Å². The Morgan fingerprint density at radius 1 is 0.783 bits per heavy atom. The highest BCUT2D eigenvalue weighted by molar-refractivity contribution is 6.37. The number of rotatable bonds is 1. The lowest BCUT2D eigenvalue weighted by Crippen LogP contribution is -3.00. The van der Waals surface area contributed by atoms with Crippen LogP contribution in [-0.2, 0) is 13.1 Å². The van der Waals surface area contributed by atoms with Gasteiger partial charge < -0.3 is 16.9 Å². The van der Waals surface area contributed by atoms with Crippen LogP contribution in [0.1, 0.15) is 11.1 Å². The molecule has 0 N–H and O–H groups in total. The molecule has 1 heterocycles. The summed E-state index contributed by atoms with van der Waals surface area (Å²) in [6, 6.07) is 19.2. The Morgan fingerprint density at radius 3 is 2.04 bits per heavy atom. The number of halogens is 2. The molecule has 3 aromatic rings. The van der Waals surface area contributed by atoms with Crippen LogP contribution in [0.3, 0.4) is 0 Å². The molecule has 1 nitrogen and oxygen atoms in total. The highest BCUT2D eigenvalue weighted by Gasteiger charge is 2.33. The van der Waals surface area contributed by atoms with E-state index in [9.17, 15) is 0 Å². The molecule has 3 aromatic carbocycles. The number of hydrogen-bond acceptors (Lipinski definition) is 0. The van der Waals surface area contributed by atoms with Crippen LogP contribution in [0.5, 0.6) is 0 Å². The van der Waals surface area contributed by atoms with E-state index in [2.05, 4.69) is 68.7 Å². The van der Waals surface area contributed by atoms with Gasteiger partial charge in [-0.05, 0) is 16.5 Å². The SMILES string of the molecule is C[N+]1(C)Cc2c(c(-c3ccccc3)c3ccccc3c2Cl)C1.[Cl-]. The van der Waals surface area contributed by atoms with Gasteiger partial charge in [-0.15, -0.1) is 0 Å². The molecule has 0 saturated heterocycles. The monoisotopic (exact) mass is 343 g/mol. The van der Waals surface area contributed by atoms with E-state index < -0.39 is 0 Å². The second-order valence-electron chi connectivity index (χ2n) is 6.81. The number of nitrogens with zero attached hydrogens (tertiary/aromatic N) is 1. The molecule has 0 aromatic heterocycles. The quantitative estimate of drug-likeness (QED) is 0.594. The fraction of sp³-hybridized carbons (Fsp3) is 0.200. The third-order valence-electron chi connectivity index (χ3n) is 4.60. The van der Waals surface area contributed by atoms with Crippen molar-refractivity contribution >= 4 is 22.4 Å². The fourth-order valence-corrected chi connectivity index (χ4v) is 4.03. The van der Waals surface area contributed by atoms with Gasteiger partial charge in [0.2, 0.25) is 0 Å². The van der Waals surface area contributed by atoms with Crippen molar-refractivity contribution in [1.29, 1.82) is 0 Å². The molecule has 0 atom stereocenters. The maximum Gasteiger partial charge on any atom is 0.106 e. The number of quaternary nitrogens is 1. The van der Waals surface area contributed by atoms with E-state index in [0.717, 1.165) is 22.6 Å². The van der Waals surface area contributed by atoms with Crippen LogP contribution in [-0.4, -0.2) is 18.6 Å². The van der Waals surface area contributed by atoms with Crippen LogP contribution in [0, 0.1) is 0 Å². The molecule has 0 radical (unpaired) electrons. The fourth-order valence-electron chi connectivity index (χ4n) is 3.69. The lowest BCUT2D eigenvalue weighted by atomic mass is 9.91. The molecule has 1 aliphatic heterocycles. The summed E-state index contributed by atoms with van der Waals surface area (Å²) >= 11 is 6.76. The van der Waals surface area contributed by atoms with Gasteiger partial charge in [-0.25, -0.2) is 0 Å². The molecular formula is C20H19Cl2N. The molecule has 3 heteroatoms. The van der Waals surface area contributed by atoms with E-state index in [1.165, 1.54) is 33.0 Å². The number of fused-ring (bicyclic) bond motifs is 2. The topological polar surface area (TPSA) is 0 Å². The van der Waals surface area contributed by atoms with E-state index in [0.29, 0.717) is 0 Å². The molecule has 0 bridgehead atoms. The number of benzene rings is 3. The van der Waals surface area contributed by atoms with Crippen LogP contribution in [0.25, 0.3) is 21.9 Å². The van der Waals surface area contributed by atoms with Gasteiger partial charge in [0.05, 0.1) is 19.1 Å². The Bertz CT molecular complexity index is 870. The zero-order valence-electron chi connectivity index (χ0n) is 13.3. The molecule has 118 valence electrons. The Morgan fingerprint density at radius 2 is 1.35 bits per heavy atom. The Balaban J connectivity index is 0.00000156. The van der Waals surface area contributed by atoms with Gasteiger partial charge >= 0.3 is 0 Å². The van der Waals surface area contributed by atoms with Crippen LogP contribution in [0.2, 0.25) is 5.02 Å². The van der Waals surface area contributed by atoms with Crippen molar-refractivity contribution in [3.8, 4) is 11.1 Å². The zero-order valence-corrected chi connectivity index (χ0v) is 14.8. The van der Waals surface area contributed by atoms with Gasteiger partial charge in [0, 0.05) is 16.5 Å². The minimum Gasteiger partial charge on any atom is -1.00 e. The van der Waals surface area contributed by atoms with Crippen molar-refractivity contribution in [1.82, 2.24) is 0 Å². The predicted octanol–water partition coefficient (Wildman–Crippen LogP) is 2.25. The second-order valence-corrected chi connectivity index (χ2v) is 7.19. The summed E-state index contributed by atoms with van der Waals surface area (Å²) < 4.78 is 0.964. The van der Waals surface area contributed by atoms with E-state index in [4.69, 9.17) is 11.6 Å². The maximum atomic E-state index is 6.76. The molecule has 0 spiro atoms. The van der Waals surface area contributed by atoms with Crippen molar-refractivity contribution in [3.63, 3.8) is 0 Å². The van der Waals surface area contributed by atoms with Gasteiger partial charge in [-0.3, -0.25) is 0 Å². The standard InChI is InChI=1S/C20H19ClN.ClH/c1-22(2)12-17-18(13-22)20(21)16-11-7-6-10-15(16)19(17)14-8-4-3-5-9-14;/h3-11H,12-13H2,1-2H3;1H/q+1;/p-1. The molecule has 0 saturated carbocycles. The summed E-state index contributed by atoms with van der Waals surface area (Å²) in [7, 11) is 4.55. The first-order valence-electron chi connectivity index (χ1n) is 7.66. The zero-order chi connectivity index (χ0) is 15.3. The first kappa shape index (κ1) is 16.3. The molecule has 0 amide bonds. The second kappa shape index (κ2) is 5.83. The summed E-state index contributed by atoms with van der Waals surface area (Å²) in [4.78, 5) is 0. The Labute approximate surface area is 148 Å². The van der Waals surface area contributed by atoms with E-state index in [-0.39, 0.29) is 12.4 Å². The molecule has 0 aliphatic carbocycles. The lowest BCUT2D eigenvalue weighted by molar-refractivity contribution is -0.909. The largest absolute Gasteiger partial charge is 1.00 e. The lowest BCUT2D eigenvalue weighted by Gasteiger charge is -2.22. The van der Waals surface area contributed by atoms with Crippen LogP contribution < -0.4 is 12.4 Å². The summed E-state index contributed by atoms with van der Waals surface area (Å²) in [5, 5.41) is 3.37. The molecule has 1 aliphatic rings. The van der Waals surface area contributed by atoms with Gasteiger partial charge in [-0.2, -0.15) is 0 Å². The molecule has 23 heavy (non-hydrogen) atoms. The Kier molecular flexibility index (Phi) is 4.14. The van der Waals surface area contributed by atoms with Crippen LogP contribution in [0.4, 0.5) is 0 Å². The highest BCUT2D eigenvalue weighted by atomic mass is 35.5. The highest BCUT2D eigenvalue weighted by Crippen LogP contribution is 2.44. The molecule has 4 rings (SSSR count). The Hall–Kier alpha value is -1.54. The van der Waals surface area contributed by atoms with E-state index in [1.807, 2.05) is 0 Å². The third-order valence-corrected chi connectivity index (χ3v) is 5.03. The summed E-state index contributed by atoms with van der Waals surface area (Å²) in [6.07, 6.45) is 0. The van der Waals surface area contributed by atoms with Gasteiger partial charge in [0.25, 0.3) is 0 Å². The van der Waals surface area contributed by atoms with Gasteiger partial charge in [0.15, 0.2) is 0 Å². The first-order chi connectivity index (χ1) is 10.6. The van der Waals surface area contributed by atoms with Crippen molar-refractivity contribution in [2.75, 3.05) is 14.1 Å². The summed E-state index contributed by atoms with van der Waals surface area (Å²) in [6.45, 7) is 2.03. The first-order valence-corrected chi connectivity index (χ1v) is 8.04. The maximum absolute atomic E-state index is 6.76. The van der Waals surface area contributed by atoms with Crippen molar-refractivity contribution < 1.29 is 16.9 Å².